The zero-order valence-electron chi connectivity index (χ0n) is 14.7. The van der Waals surface area contributed by atoms with E-state index in [1.165, 1.54) is 0 Å². The molecule has 1 aliphatic heterocycles. The van der Waals surface area contributed by atoms with Gasteiger partial charge in [-0.3, -0.25) is 9.48 Å². The number of pyridine rings is 1. The smallest absolute Gasteiger partial charge is 0.222 e. The van der Waals surface area contributed by atoms with Crippen molar-refractivity contribution in [3.63, 3.8) is 0 Å². The van der Waals surface area contributed by atoms with Crippen molar-refractivity contribution in [3.8, 4) is 0 Å². The summed E-state index contributed by atoms with van der Waals surface area (Å²) < 4.78 is 1.98. The molecular weight excluding hydrogens is 302 g/mol. The Balaban J connectivity index is 1.58. The summed E-state index contributed by atoms with van der Waals surface area (Å²) in [7, 11) is 2.03. The molecule has 0 aliphatic carbocycles. The lowest BCUT2D eigenvalue weighted by atomic mass is 10.2. The summed E-state index contributed by atoms with van der Waals surface area (Å²) in [5.74, 6) is 1.19. The van der Waals surface area contributed by atoms with Crippen LogP contribution in [0.4, 0.5) is 5.82 Å². The summed E-state index contributed by atoms with van der Waals surface area (Å²) in [5, 5.41) is 4.45. The first-order valence-electron chi connectivity index (χ1n) is 8.48. The van der Waals surface area contributed by atoms with Gasteiger partial charge in [0.15, 0.2) is 0 Å². The first-order chi connectivity index (χ1) is 11.5. The summed E-state index contributed by atoms with van der Waals surface area (Å²) in [4.78, 5) is 21.1. The molecule has 0 atom stereocenters. The van der Waals surface area contributed by atoms with Gasteiger partial charge in [0.25, 0.3) is 0 Å². The fourth-order valence-corrected chi connectivity index (χ4v) is 3.21. The van der Waals surface area contributed by atoms with Crippen LogP contribution >= 0.6 is 0 Å². The van der Waals surface area contributed by atoms with E-state index in [0.717, 1.165) is 48.8 Å². The van der Waals surface area contributed by atoms with E-state index in [2.05, 4.69) is 34.0 Å². The maximum absolute atomic E-state index is 12.6. The van der Waals surface area contributed by atoms with E-state index >= 15 is 0 Å². The van der Waals surface area contributed by atoms with Crippen LogP contribution in [-0.4, -0.2) is 45.7 Å². The van der Waals surface area contributed by atoms with E-state index in [1.807, 2.05) is 29.6 Å². The first-order valence-corrected chi connectivity index (χ1v) is 8.48. The number of rotatable bonds is 4. The third-order valence-corrected chi connectivity index (χ3v) is 4.51. The summed E-state index contributed by atoms with van der Waals surface area (Å²) in [6.07, 6.45) is 3.17. The Bertz CT molecular complexity index is 724. The zero-order valence-corrected chi connectivity index (χ0v) is 14.7. The van der Waals surface area contributed by atoms with Crippen LogP contribution in [0.1, 0.15) is 29.8 Å². The Kier molecular flexibility index (Phi) is 4.83. The molecule has 0 fully saturated rings. The molecule has 2 aromatic heterocycles. The van der Waals surface area contributed by atoms with Crippen molar-refractivity contribution in [2.75, 3.05) is 25.0 Å². The average Bonchev–Trinajstić information content (AvgIpc) is 2.78. The highest BCUT2D eigenvalue weighted by molar-refractivity contribution is 5.76. The van der Waals surface area contributed by atoms with Crippen molar-refractivity contribution in [1.29, 1.82) is 0 Å². The minimum absolute atomic E-state index is 0.210. The van der Waals surface area contributed by atoms with Crippen molar-refractivity contribution < 1.29 is 4.79 Å². The predicted octanol–water partition coefficient (Wildman–Crippen LogP) is 2.15. The Hall–Kier alpha value is -2.37. The third-order valence-electron chi connectivity index (χ3n) is 4.51. The monoisotopic (exact) mass is 327 g/mol. The van der Waals surface area contributed by atoms with E-state index in [1.54, 1.807) is 6.20 Å². The van der Waals surface area contributed by atoms with E-state index in [4.69, 9.17) is 0 Å². The van der Waals surface area contributed by atoms with Crippen LogP contribution in [0.3, 0.4) is 0 Å². The van der Waals surface area contributed by atoms with E-state index in [-0.39, 0.29) is 5.91 Å². The van der Waals surface area contributed by atoms with Crippen molar-refractivity contribution >= 4 is 11.7 Å². The fraction of sp³-hybridized carbons (Fsp3) is 0.500. The lowest BCUT2D eigenvalue weighted by Gasteiger charge is -2.21. The lowest BCUT2D eigenvalue weighted by Crippen LogP contribution is -2.34. The molecule has 6 heteroatoms. The van der Waals surface area contributed by atoms with Crippen LogP contribution in [0.5, 0.6) is 0 Å². The summed E-state index contributed by atoms with van der Waals surface area (Å²) in [6.45, 7) is 7.03. The second-order valence-electron chi connectivity index (χ2n) is 6.48. The van der Waals surface area contributed by atoms with Crippen molar-refractivity contribution in [2.45, 2.75) is 39.8 Å². The molecule has 1 amide bonds. The third kappa shape index (κ3) is 3.58. The molecule has 24 heavy (non-hydrogen) atoms. The molecule has 0 radical (unpaired) electrons. The number of likely N-dealkylation sites (N-methyl/N-ethyl adjacent to an activating group) is 1. The van der Waals surface area contributed by atoms with Crippen LogP contribution < -0.4 is 4.90 Å². The van der Waals surface area contributed by atoms with Gasteiger partial charge in [-0.15, -0.1) is 0 Å². The molecule has 0 unspecified atom stereocenters. The van der Waals surface area contributed by atoms with Gasteiger partial charge in [-0.1, -0.05) is 6.07 Å². The van der Waals surface area contributed by atoms with Crippen LogP contribution in [0.2, 0.25) is 0 Å². The van der Waals surface area contributed by atoms with Gasteiger partial charge in [-0.05, 0) is 32.4 Å². The van der Waals surface area contributed by atoms with Crippen molar-refractivity contribution in [2.24, 2.45) is 0 Å². The summed E-state index contributed by atoms with van der Waals surface area (Å²) in [6, 6.07) is 6.06. The number of fused-ring (bicyclic) bond motifs is 1. The van der Waals surface area contributed by atoms with Gasteiger partial charge in [0.2, 0.25) is 5.91 Å². The van der Waals surface area contributed by atoms with Gasteiger partial charge >= 0.3 is 0 Å². The molecular formula is C18H25N5O. The topological polar surface area (TPSA) is 54.3 Å². The highest BCUT2D eigenvalue weighted by Gasteiger charge is 2.21. The SMILES string of the molecule is Cc1cc(C)n(CCCC(=O)N2CCN(C)c3ncccc3C2)n1. The summed E-state index contributed by atoms with van der Waals surface area (Å²) >= 11 is 0. The van der Waals surface area contributed by atoms with Crippen LogP contribution in [0, 0.1) is 13.8 Å². The maximum atomic E-state index is 12.6. The summed E-state index contributed by atoms with van der Waals surface area (Å²) in [5.41, 5.74) is 3.29. The van der Waals surface area contributed by atoms with Gasteiger partial charge in [-0.25, -0.2) is 4.98 Å². The van der Waals surface area contributed by atoms with E-state index in [9.17, 15) is 4.79 Å². The molecule has 3 heterocycles. The minimum Gasteiger partial charge on any atom is -0.358 e. The minimum atomic E-state index is 0.210. The highest BCUT2D eigenvalue weighted by Crippen LogP contribution is 2.21. The largest absolute Gasteiger partial charge is 0.358 e. The van der Waals surface area contributed by atoms with E-state index in [0.29, 0.717) is 13.0 Å². The van der Waals surface area contributed by atoms with Crippen LogP contribution in [-0.2, 0) is 17.9 Å². The fourth-order valence-electron chi connectivity index (χ4n) is 3.21. The molecule has 3 rings (SSSR count). The number of hydrogen-bond donors (Lipinski definition) is 0. The molecule has 0 spiro atoms. The molecule has 0 saturated carbocycles. The predicted molar refractivity (Wildman–Crippen MR) is 93.9 cm³/mol. The highest BCUT2D eigenvalue weighted by atomic mass is 16.2. The van der Waals surface area contributed by atoms with Gasteiger partial charge in [0.1, 0.15) is 5.82 Å². The molecule has 0 aromatic carbocycles. The molecule has 1 aliphatic rings. The van der Waals surface area contributed by atoms with E-state index < -0.39 is 0 Å². The van der Waals surface area contributed by atoms with Gasteiger partial charge in [0.05, 0.1) is 5.69 Å². The van der Waals surface area contributed by atoms with Crippen LogP contribution in [0.25, 0.3) is 0 Å². The lowest BCUT2D eigenvalue weighted by molar-refractivity contribution is -0.131. The number of amides is 1. The standard InChI is InChI=1S/C18H25N5O/c1-14-12-15(2)23(20-14)9-5-7-17(24)22-11-10-21(3)18-16(13-22)6-4-8-19-18/h4,6,8,12H,5,7,9-11,13H2,1-3H3. The van der Waals surface area contributed by atoms with Gasteiger partial charge < -0.3 is 9.80 Å². The number of aromatic nitrogens is 3. The quantitative estimate of drug-likeness (QED) is 0.863. The van der Waals surface area contributed by atoms with Crippen LogP contribution in [0.15, 0.2) is 24.4 Å². The maximum Gasteiger partial charge on any atom is 0.222 e. The number of aryl methyl sites for hydroxylation is 3. The molecule has 128 valence electrons. The average molecular weight is 327 g/mol. The first kappa shape index (κ1) is 16.5. The normalized spacial score (nSPS) is 14.5. The second-order valence-corrected chi connectivity index (χ2v) is 6.48. The molecule has 6 nitrogen and oxygen atoms in total. The zero-order chi connectivity index (χ0) is 17.1. The number of carbonyl (C=O) groups excluding carboxylic acids is 1. The Morgan fingerprint density at radius 3 is 2.88 bits per heavy atom. The molecule has 0 saturated heterocycles. The number of anilines is 1. The molecule has 0 N–H and O–H groups in total. The molecule has 2 aromatic rings. The number of nitrogens with zero attached hydrogens (tertiary/aromatic N) is 5. The Morgan fingerprint density at radius 2 is 2.12 bits per heavy atom. The van der Waals surface area contributed by atoms with Crippen molar-refractivity contribution in [3.05, 3.63) is 41.3 Å². The van der Waals surface area contributed by atoms with Gasteiger partial charge in [0, 0.05) is 57.1 Å². The second kappa shape index (κ2) is 7.03. The van der Waals surface area contributed by atoms with Gasteiger partial charge in [-0.2, -0.15) is 5.10 Å². The Morgan fingerprint density at radius 1 is 1.29 bits per heavy atom. The Labute approximate surface area is 143 Å². The number of carbonyl (C=O) groups is 1. The molecule has 0 bridgehead atoms. The van der Waals surface area contributed by atoms with Crippen molar-refractivity contribution in [1.82, 2.24) is 19.7 Å². The number of hydrogen-bond acceptors (Lipinski definition) is 4.